The maximum Gasteiger partial charge on any atom is 0.254 e. The maximum absolute atomic E-state index is 11.6. The monoisotopic (exact) mass is 284 g/mol. The van der Waals surface area contributed by atoms with Crippen molar-refractivity contribution in [2.45, 2.75) is 13.8 Å². The number of H-pyrrole nitrogens is 1. The van der Waals surface area contributed by atoms with Crippen molar-refractivity contribution in [3.63, 3.8) is 0 Å². The van der Waals surface area contributed by atoms with Crippen LogP contribution in [0.25, 0.3) is 10.7 Å². The molecule has 2 aromatic heterocycles. The van der Waals surface area contributed by atoms with Gasteiger partial charge in [0.1, 0.15) is 0 Å². The van der Waals surface area contributed by atoms with E-state index >= 15 is 0 Å². The summed E-state index contributed by atoms with van der Waals surface area (Å²) in [5.41, 5.74) is 1.37. The van der Waals surface area contributed by atoms with Crippen molar-refractivity contribution in [3.05, 3.63) is 37.5 Å². The van der Waals surface area contributed by atoms with Crippen LogP contribution in [0.3, 0.4) is 0 Å². The second kappa shape index (κ2) is 3.90. The van der Waals surface area contributed by atoms with Gasteiger partial charge in [-0.1, -0.05) is 0 Å². The van der Waals surface area contributed by atoms with Crippen LogP contribution >= 0.6 is 27.3 Å². The molecule has 0 saturated carbocycles. The third-order valence-corrected chi connectivity index (χ3v) is 4.07. The highest BCUT2D eigenvalue weighted by Gasteiger charge is 2.09. The summed E-state index contributed by atoms with van der Waals surface area (Å²) in [7, 11) is 0. The van der Waals surface area contributed by atoms with Gasteiger partial charge in [-0.2, -0.15) is 0 Å². The Labute approximate surface area is 99.3 Å². The lowest BCUT2D eigenvalue weighted by molar-refractivity contribution is 1.03. The molecule has 0 fully saturated rings. The zero-order valence-electron chi connectivity index (χ0n) is 8.30. The highest BCUT2D eigenvalue weighted by Crippen LogP contribution is 2.30. The van der Waals surface area contributed by atoms with Crippen LogP contribution in [0.1, 0.15) is 11.3 Å². The van der Waals surface area contributed by atoms with Crippen molar-refractivity contribution in [1.82, 2.24) is 9.97 Å². The van der Waals surface area contributed by atoms with Gasteiger partial charge in [-0.3, -0.25) is 4.79 Å². The molecule has 0 aliphatic rings. The minimum absolute atomic E-state index is 0.0715. The number of nitrogens with one attached hydrogen (secondary N) is 1. The largest absolute Gasteiger partial charge is 0.306 e. The quantitative estimate of drug-likeness (QED) is 0.875. The molecule has 1 N–H and O–H groups in total. The van der Waals surface area contributed by atoms with Crippen LogP contribution in [0.5, 0.6) is 0 Å². The minimum Gasteiger partial charge on any atom is -0.306 e. The molecule has 0 aromatic carbocycles. The Balaban J connectivity index is 2.66. The van der Waals surface area contributed by atoms with Gasteiger partial charge in [0, 0.05) is 15.7 Å². The first-order valence-corrected chi connectivity index (χ1v) is 6.07. The smallest absolute Gasteiger partial charge is 0.254 e. The highest BCUT2D eigenvalue weighted by molar-refractivity contribution is 9.10. The van der Waals surface area contributed by atoms with E-state index in [0.717, 1.165) is 15.0 Å². The first kappa shape index (κ1) is 10.6. The van der Waals surface area contributed by atoms with Crippen molar-refractivity contribution < 1.29 is 0 Å². The number of hydrogen-bond acceptors (Lipinski definition) is 3. The third-order valence-electron chi connectivity index (χ3n) is 2.23. The SMILES string of the molecule is Cc1nc(-c2sccc2Br)[nH]c(=O)c1C. The van der Waals surface area contributed by atoms with Gasteiger partial charge < -0.3 is 4.98 Å². The Bertz CT molecular complexity index is 559. The molecule has 78 valence electrons. The van der Waals surface area contributed by atoms with E-state index in [0.29, 0.717) is 11.4 Å². The van der Waals surface area contributed by atoms with Gasteiger partial charge in [-0.25, -0.2) is 4.98 Å². The van der Waals surface area contributed by atoms with Crippen LogP contribution in [0.15, 0.2) is 20.7 Å². The van der Waals surface area contributed by atoms with E-state index in [1.807, 2.05) is 18.4 Å². The van der Waals surface area contributed by atoms with Crippen LogP contribution in [-0.4, -0.2) is 9.97 Å². The van der Waals surface area contributed by atoms with Crippen molar-refractivity contribution in [1.29, 1.82) is 0 Å². The normalized spacial score (nSPS) is 10.6. The van der Waals surface area contributed by atoms with Crippen LogP contribution < -0.4 is 5.56 Å². The average Bonchev–Trinajstić information content (AvgIpc) is 2.60. The molecule has 0 aliphatic carbocycles. The number of aromatic nitrogens is 2. The first-order chi connectivity index (χ1) is 7.09. The summed E-state index contributed by atoms with van der Waals surface area (Å²) in [4.78, 5) is 19.6. The molecule has 0 atom stereocenters. The second-order valence-electron chi connectivity index (χ2n) is 3.22. The minimum atomic E-state index is -0.0715. The molecule has 0 saturated heterocycles. The molecular weight excluding hydrogens is 276 g/mol. The summed E-state index contributed by atoms with van der Waals surface area (Å²) in [6.45, 7) is 3.62. The second-order valence-corrected chi connectivity index (χ2v) is 4.99. The third kappa shape index (κ3) is 1.89. The van der Waals surface area contributed by atoms with Gasteiger partial charge in [-0.05, 0) is 41.2 Å². The fourth-order valence-corrected chi connectivity index (χ4v) is 2.72. The number of thiophene rings is 1. The molecule has 5 heteroatoms. The molecule has 0 unspecified atom stereocenters. The van der Waals surface area contributed by atoms with Crippen LogP contribution in [0, 0.1) is 13.8 Å². The van der Waals surface area contributed by atoms with Gasteiger partial charge >= 0.3 is 0 Å². The first-order valence-electron chi connectivity index (χ1n) is 4.40. The van der Waals surface area contributed by atoms with E-state index in [9.17, 15) is 4.79 Å². The lowest BCUT2D eigenvalue weighted by Crippen LogP contribution is -2.14. The van der Waals surface area contributed by atoms with E-state index in [1.54, 1.807) is 18.3 Å². The number of nitrogens with zero attached hydrogens (tertiary/aromatic N) is 1. The summed E-state index contributed by atoms with van der Waals surface area (Å²) >= 11 is 4.97. The summed E-state index contributed by atoms with van der Waals surface area (Å²) in [5.74, 6) is 0.630. The summed E-state index contributed by atoms with van der Waals surface area (Å²) in [6.07, 6.45) is 0. The maximum atomic E-state index is 11.6. The van der Waals surface area contributed by atoms with Gasteiger partial charge in [-0.15, -0.1) is 11.3 Å². The lowest BCUT2D eigenvalue weighted by Gasteiger charge is -2.02. The van der Waals surface area contributed by atoms with Crippen molar-refractivity contribution in [2.24, 2.45) is 0 Å². The summed E-state index contributed by atoms with van der Waals surface area (Å²) < 4.78 is 0.957. The fraction of sp³-hybridized carbons (Fsp3) is 0.200. The topological polar surface area (TPSA) is 45.8 Å². The number of hydrogen-bond donors (Lipinski definition) is 1. The van der Waals surface area contributed by atoms with Crippen LogP contribution in [-0.2, 0) is 0 Å². The van der Waals surface area contributed by atoms with Gasteiger partial charge in [0.2, 0.25) is 0 Å². The zero-order chi connectivity index (χ0) is 11.0. The molecule has 0 spiro atoms. The van der Waals surface area contributed by atoms with Crippen molar-refractivity contribution in [3.8, 4) is 10.7 Å². The number of halogens is 1. The van der Waals surface area contributed by atoms with E-state index in [1.165, 1.54) is 0 Å². The van der Waals surface area contributed by atoms with E-state index in [2.05, 4.69) is 25.9 Å². The van der Waals surface area contributed by atoms with E-state index < -0.39 is 0 Å². The molecular formula is C10H9BrN2OS. The Hall–Kier alpha value is -0.940. The summed E-state index contributed by atoms with van der Waals surface area (Å²) in [5, 5.41) is 1.95. The highest BCUT2D eigenvalue weighted by atomic mass is 79.9. The molecule has 2 heterocycles. The zero-order valence-corrected chi connectivity index (χ0v) is 10.7. The van der Waals surface area contributed by atoms with E-state index in [4.69, 9.17) is 0 Å². The molecule has 0 amide bonds. The molecule has 3 nitrogen and oxygen atoms in total. The fourth-order valence-electron chi connectivity index (χ4n) is 1.22. The van der Waals surface area contributed by atoms with Crippen molar-refractivity contribution in [2.75, 3.05) is 0 Å². The molecule has 0 aliphatic heterocycles. The molecule has 0 radical (unpaired) electrons. The molecule has 2 aromatic rings. The summed E-state index contributed by atoms with van der Waals surface area (Å²) in [6, 6.07) is 1.94. The predicted molar refractivity (Wildman–Crippen MR) is 65.3 cm³/mol. The van der Waals surface area contributed by atoms with Crippen LogP contribution in [0.4, 0.5) is 0 Å². The van der Waals surface area contributed by atoms with Crippen molar-refractivity contribution >= 4 is 27.3 Å². The lowest BCUT2D eigenvalue weighted by atomic mass is 10.2. The molecule has 15 heavy (non-hydrogen) atoms. The predicted octanol–water partition coefficient (Wildman–Crippen LogP) is 2.88. The van der Waals surface area contributed by atoms with Gasteiger partial charge in [0.15, 0.2) is 5.82 Å². The number of aryl methyl sites for hydroxylation is 1. The number of rotatable bonds is 1. The van der Waals surface area contributed by atoms with Gasteiger partial charge in [0.25, 0.3) is 5.56 Å². The standard InChI is InChI=1S/C10H9BrN2OS/c1-5-6(2)12-9(13-10(5)14)8-7(11)3-4-15-8/h3-4H,1-2H3,(H,12,13,14). The number of aromatic amines is 1. The Morgan fingerprint density at radius 3 is 2.73 bits per heavy atom. The Morgan fingerprint density at radius 1 is 1.47 bits per heavy atom. The van der Waals surface area contributed by atoms with Crippen LogP contribution in [0.2, 0.25) is 0 Å². The van der Waals surface area contributed by atoms with Gasteiger partial charge in [0.05, 0.1) is 4.88 Å². The Morgan fingerprint density at radius 2 is 2.20 bits per heavy atom. The average molecular weight is 285 g/mol. The van der Waals surface area contributed by atoms with E-state index in [-0.39, 0.29) is 5.56 Å². The Kier molecular flexibility index (Phi) is 2.75. The molecule has 0 bridgehead atoms. The molecule has 2 rings (SSSR count).